The number of amides is 4. The normalized spacial score (nSPS) is 13.0. The SMILES string of the molecule is CCCCCCCCC(=O)NC(CC(C)C)C(=O)NC(C)(CCC(=O)N(C)Cc1ccc(OC)cc1OC)C(=O)C(=O)NC(C)C. The van der Waals surface area contributed by atoms with Crippen LogP contribution in [0.2, 0.25) is 0 Å². The Morgan fingerprint density at radius 1 is 0.891 bits per heavy atom. The standard InChI is InChI=1S/C35H58N4O7/c1-10-11-12-13-14-15-16-30(40)37-28(21-24(2)3)33(43)38-35(6,32(42)34(44)36-25(4)5)20-19-31(41)39(7)23-26-17-18-27(45-8)22-29(26)46-9/h17-18,22,24-25,28H,10-16,19-21,23H2,1-9H3,(H,36,44)(H,37,40)(H,38,43). The second kappa shape index (κ2) is 20.5. The maximum absolute atomic E-state index is 13.6. The van der Waals surface area contributed by atoms with Gasteiger partial charge in [0.2, 0.25) is 23.5 Å². The van der Waals surface area contributed by atoms with Crippen LogP contribution in [0.5, 0.6) is 11.5 Å². The van der Waals surface area contributed by atoms with E-state index in [1.807, 2.05) is 13.8 Å². The van der Waals surface area contributed by atoms with Gasteiger partial charge in [-0.15, -0.1) is 0 Å². The van der Waals surface area contributed by atoms with E-state index in [9.17, 15) is 24.0 Å². The summed E-state index contributed by atoms with van der Waals surface area (Å²) >= 11 is 0. The van der Waals surface area contributed by atoms with Gasteiger partial charge in [-0.05, 0) is 58.1 Å². The molecule has 2 atom stereocenters. The zero-order valence-corrected chi connectivity index (χ0v) is 29.5. The molecule has 1 aromatic carbocycles. The summed E-state index contributed by atoms with van der Waals surface area (Å²) in [6.07, 6.45) is 6.62. The molecule has 11 nitrogen and oxygen atoms in total. The fourth-order valence-electron chi connectivity index (χ4n) is 5.08. The van der Waals surface area contributed by atoms with Crippen molar-refractivity contribution >= 4 is 29.4 Å². The van der Waals surface area contributed by atoms with Gasteiger partial charge in [-0.25, -0.2) is 0 Å². The lowest BCUT2D eigenvalue weighted by molar-refractivity contribution is -0.144. The molecule has 0 spiro atoms. The summed E-state index contributed by atoms with van der Waals surface area (Å²) in [5.74, 6) is -1.55. The van der Waals surface area contributed by atoms with E-state index >= 15 is 0 Å². The van der Waals surface area contributed by atoms with Gasteiger partial charge in [0, 0.05) is 44.1 Å². The highest BCUT2D eigenvalue weighted by molar-refractivity contribution is 6.40. The van der Waals surface area contributed by atoms with E-state index < -0.39 is 29.2 Å². The number of Topliss-reactive ketones (excluding diaryl/α,β-unsaturated/α-hetero) is 1. The van der Waals surface area contributed by atoms with Crippen molar-refractivity contribution in [1.29, 1.82) is 0 Å². The predicted molar refractivity (Wildman–Crippen MR) is 179 cm³/mol. The molecule has 0 heterocycles. The number of ketones is 1. The quantitative estimate of drug-likeness (QED) is 0.123. The third-order valence-corrected chi connectivity index (χ3v) is 7.81. The van der Waals surface area contributed by atoms with E-state index in [1.165, 1.54) is 25.4 Å². The lowest BCUT2D eigenvalue weighted by Crippen LogP contribution is -2.61. The number of benzene rings is 1. The van der Waals surface area contributed by atoms with Gasteiger partial charge >= 0.3 is 0 Å². The van der Waals surface area contributed by atoms with Crippen LogP contribution in [0.3, 0.4) is 0 Å². The third kappa shape index (κ3) is 14.2. The third-order valence-electron chi connectivity index (χ3n) is 7.81. The van der Waals surface area contributed by atoms with Crippen LogP contribution in [-0.4, -0.2) is 73.2 Å². The highest BCUT2D eigenvalue weighted by atomic mass is 16.5. The maximum Gasteiger partial charge on any atom is 0.290 e. The maximum atomic E-state index is 13.6. The molecular formula is C35H58N4O7. The van der Waals surface area contributed by atoms with Crippen molar-refractivity contribution in [3.63, 3.8) is 0 Å². The van der Waals surface area contributed by atoms with Gasteiger partial charge in [0.05, 0.1) is 14.2 Å². The molecule has 0 saturated heterocycles. The minimum Gasteiger partial charge on any atom is -0.497 e. The second-order valence-electron chi connectivity index (χ2n) is 13.0. The van der Waals surface area contributed by atoms with Crippen molar-refractivity contribution in [1.82, 2.24) is 20.9 Å². The van der Waals surface area contributed by atoms with Crippen LogP contribution in [0.25, 0.3) is 0 Å². The lowest BCUT2D eigenvalue weighted by atomic mass is 9.88. The van der Waals surface area contributed by atoms with Crippen LogP contribution in [0.1, 0.15) is 111 Å². The van der Waals surface area contributed by atoms with Gasteiger partial charge in [-0.3, -0.25) is 24.0 Å². The largest absolute Gasteiger partial charge is 0.497 e. The number of rotatable bonds is 22. The fraction of sp³-hybridized carbons (Fsp3) is 0.686. The van der Waals surface area contributed by atoms with E-state index in [0.29, 0.717) is 24.3 Å². The van der Waals surface area contributed by atoms with Crippen LogP contribution in [-0.2, 0) is 30.5 Å². The first-order valence-corrected chi connectivity index (χ1v) is 16.6. The number of carbonyl (C=O) groups is 5. The Morgan fingerprint density at radius 2 is 1.54 bits per heavy atom. The zero-order chi connectivity index (χ0) is 34.9. The summed E-state index contributed by atoms with van der Waals surface area (Å²) in [6.45, 7) is 11.2. The summed E-state index contributed by atoms with van der Waals surface area (Å²) in [4.78, 5) is 67.5. The molecule has 0 bridgehead atoms. The molecule has 2 unspecified atom stereocenters. The van der Waals surface area contributed by atoms with Crippen LogP contribution in [0.15, 0.2) is 18.2 Å². The summed E-state index contributed by atoms with van der Waals surface area (Å²) in [5, 5.41) is 8.19. The number of hydrogen-bond donors (Lipinski definition) is 3. The summed E-state index contributed by atoms with van der Waals surface area (Å²) in [7, 11) is 4.72. The molecule has 0 aliphatic rings. The molecule has 4 amide bonds. The molecular weight excluding hydrogens is 588 g/mol. The number of carbonyl (C=O) groups excluding carboxylic acids is 5. The number of hydrogen-bond acceptors (Lipinski definition) is 7. The number of ether oxygens (including phenoxy) is 2. The monoisotopic (exact) mass is 646 g/mol. The number of nitrogens with one attached hydrogen (secondary N) is 3. The van der Waals surface area contributed by atoms with Gasteiger partial charge in [0.25, 0.3) is 5.91 Å². The molecule has 0 aliphatic heterocycles. The Labute approximate surface area is 275 Å². The average molecular weight is 647 g/mol. The van der Waals surface area contributed by atoms with Crippen molar-refractivity contribution in [2.75, 3.05) is 21.3 Å². The van der Waals surface area contributed by atoms with E-state index in [2.05, 4.69) is 22.9 Å². The first kappa shape index (κ1) is 40.4. The average Bonchev–Trinajstić information content (AvgIpc) is 3.00. The molecule has 46 heavy (non-hydrogen) atoms. The van der Waals surface area contributed by atoms with Crippen molar-refractivity contribution in [3.05, 3.63) is 23.8 Å². The minimum atomic E-state index is -1.69. The Kier molecular flexibility index (Phi) is 18.0. The van der Waals surface area contributed by atoms with Crippen LogP contribution in [0, 0.1) is 5.92 Å². The summed E-state index contributed by atoms with van der Waals surface area (Å²) in [5.41, 5.74) is -0.931. The van der Waals surface area contributed by atoms with E-state index in [-0.39, 0.29) is 43.2 Å². The highest BCUT2D eigenvalue weighted by Gasteiger charge is 2.41. The van der Waals surface area contributed by atoms with Crippen LogP contribution in [0.4, 0.5) is 0 Å². The van der Waals surface area contributed by atoms with Gasteiger partial charge in [-0.2, -0.15) is 0 Å². The molecule has 260 valence electrons. The molecule has 11 heteroatoms. The van der Waals surface area contributed by atoms with Crippen molar-refractivity contribution in [3.8, 4) is 11.5 Å². The Bertz CT molecular complexity index is 1150. The van der Waals surface area contributed by atoms with Gasteiger partial charge < -0.3 is 30.3 Å². The smallest absolute Gasteiger partial charge is 0.290 e. The van der Waals surface area contributed by atoms with E-state index in [0.717, 1.165) is 37.7 Å². The molecule has 0 aromatic heterocycles. The summed E-state index contributed by atoms with van der Waals surface area (Å²) in [6, 6.07) is 4.11. The first-order chi connectivity index (χ1) is 21.7. The Balaban J connectivity index is 3.08. The van der Waals surface area contributed by atoms with Crippen LogP contribution < -0.4 is 25.4 Å². The molecule has 0 fully saturated rings. The molecule has 0 radical (unpaired) electrons. The summed E-state index contributed by atoms with van der Waals surface area (Å²) < 4.78 is 10.7. The molecule has 1 aromatic rings. The van der Waals surface area contributed by atoms with Crippen LogP contribution >= 0.6 is 0 Å². The topological polar surface area (TPSA) is 143 Å². The lowest BCUT2D eigenvalue weighted by Gasteiger charge is -2.32. The Hall–Kier alpha value is -3.63. The van der Waals surface area contributed by atoms with Gasteiger partial charge in [0.15, 0.2) is 0 Å². The molecule has 1 rings (SSSR count). The second-order valence-corrected chi connectivity index (χ2v) is 13.0. The predicted octanol–water partition coefficient (Wildman–Crippen LogP) is 4.69. The van der Waals surface area contributed by atoms with Gasteiger partial charge in [-0.1, -0.05) is 52.9 Å². The van der Waals surface area contributed by atoms with E-state index in [4.69, 9.17) is 9.47 Å². The highest BCUT2D eigenvalue weighted by Crippen LogP contribution is 2.26. The molecule has 3 N–H and O–H groups in total. The fourth-order valence-corrected chi connectivity index (χ4v) is 5.08. The van der Waals surface area contributed by atoms with Gasteiger partial charge in [0.1, 0.15) is 23.1 Å². The molecule has 0 saturated carbocycles. The Morgan fingerprint density at radius 3 is 2.13 bits per heavy atom. The molecule has 0 aliphatic carbocycles. The van der Waals surface area contributed by atoms with Crippen molar-refractivity contribution < 1.29 is 33.4 Å². The van der Waals surface area contributed by atoms with E-state index in [1.54, 1.807) is 46.2 Å². The number of unbranched alkanes of at least 4 members (excludes halogenated alkanes) is 5. The minimum absolute atomic E-state index is 0.0708. The first-order valence-electron chi connectivity index (χ1n) is 16.6. The van der Waals surface area contributed by atoms with Crippen molar-refractivity contribution in [2.45, 2.75) is 130 Å². The van der Waals surface area contributed by atoms with Crippen molar-refractivity contribution in [2.24, 2.45) is 5.92 Å². The number of methoxy groups -OCH3 is 2. The zero-order valence-electron chi connectivity index (χ0n) is 29.5. The number of nitrogens with zero attached hydrogens (tertiary/aromatic N) is 1.